The fourth-order valence-corrected chi connectivity index (χ4v) is 2.12. The first-order valence-electron chi connectivity index (χ1n) is 6.27. The highest BCUT2D eigenvalue weighted by molar-refractivity contribution is 6.12. The number of hydrogen-bond acceptors (Lipinski definition) is 4. The SMILES string of the molecule is Cc1cc(CC(=O)[O-])c(N)c(C(=O)c2ccc(F)cc2)c1. The van der Waals surface area contributed by atoms with E-state index in [2.05, 4.69) is 0 Å². The first-order chi connectivity index (χ1) is 9.88. The van der Waals surface area contributed by atoms with E-state index >= 15 is 0 Å². The molecule has 0 radical (unpaired) electrons. The lowest BCUT2D eigenvalue weighted by atomic mass is 9.95. The third-order valence-electron chi connectivity index (χ3n) is 3.10. The number of carboxylic acids is 1. The van der Waals surface area contributed by atoms with E-state index in [0.29, 0.717) is 11.1 Å². The van der Waals surface area contributed by atoms with Gasteiger partial charge in [-0.1, -0.05) is 6.07 Å². The maximum Gasteiger partial charge on any atom is 0.195 e. The van der Waals surface area contributed by atoms with Gasteiger partial charge in [0.25, 0.3) is 0 Å². The van der Waals surface area contributed by atoms with Crippen LogP contribution in [-0.2, 0) is 11.2 Å². The minimum atomic E-state index is -1.27. The Bertz CT molecular complexity index is 708. The molecule has 0 bridgehead atoms. The van der Waals surface area contributed by atoms with E-state index in [9.17, 15) is 19.1 Å². The number of ketones is 1. The summed E-state index contributed by atoms with van der Waals surface area (Å²) < 4.78 is 12.9. The zero-order chi connectivity index (χ0) is 15.6. The highest BCUT2D eigenvalue weighted by atomic mass is 19.1. The van der Waals surface area contributed by atoms with Crippen molar-refractivity contribution in [3.8, 4) is 0 Å². The molecule has 0 aromatic heterocycles. The van der Waals surface area contributed by atoms with Crippen molar-refractivity contribution in [3.05, 3.63) is 64.5 Å². The number of aryl methyl sites for hydroxylation is 1. The number of aliphatic carboxylic acids is 1. The Balaban J connectivity index is 2.47. The van der Waals surface area contributed by atoms with Gasteiger partial charge in [-0.2, -0.15) is 0 Å². The molecule has 0 fully saturated rings. The smallest absolute Gasteiger partial charge is 0.195 e. The van der Waals surface area contributed by atoms with E-state index in [1.54, 1.807) is 19.1 Å². The van der Waals surface area contributed by atoms with Crippen molar-refractivity contribution in [2.24, 2.45) is 0 Å². The van der Waals surface area contributed by atoms with Crippen molar-refractivity contribution in [2.45, 2.75) is 13.3 Å². The summed E-state index contributed by atoms with van der Waals surface area (Å²) >= 11 is 0. The highest BCUT2D eigenvalue weighted by Gasteiger charge is 2.16. The van der Waals surface area contributed by atoms with Gasteiger partial charge in [-0.25, -0.2) is 4.39 Å². The normalized spacial score (nSPS) is 10.4. The van der Waals surface area contributed by atoms with Crippen molar-refractivity contribution in [2.75, 3.05) is 5.73 Å². The Morgan fingerprint density at radius 2 is 1.81 bits per heavy atom. The second-order valence-corrected chi connectivity index (χ2v) is 4.77. The van der Waals surface area contributed by atoms with Crippen LogP contribution in [0.25, 0.3) is 0 Å². The van der Waals surface area contributed by atoms with Gasteiger partial charge >= 0.3 is 0 Å². The number of hydrogen-bond donors (Lipinski definition) is 1. The van der Waals surface area contributed by atoms with Gasteiger partial charge in [-0.15, -0.1) is 0 Å². The molecule has 4 nitrogen and oxygen atoms in total. The lowest BCUT2D eigenvalue weighted by Crippen LogP contribution is -2.25. The van der Waals surface area contributed by atoms with E-state index < -0.39 is 11.8 Å². The standard InChI is InChI=1S/C16H14FNO3/c1-9-6-11(8-14(19)20)15(18)13(7-9)16(21)10-2-4-12(17)5-3-10/h2-7H,8,18H2,1H3,(H,19,20)/p-1. The average Bonchev–Trinajstić information content (AvgIpc) is 2.42. The molecule has 0 heterocycles. The zero-order valence-electron chi connectivity index (χ0n) is 11.4. The Morgan fingerprint density at radius 3 is 2.38 bits per heavy atom. The second kappa shape index (κ2) is 5.75. The van der Waals surface area contributed by atoms with Gasteiger partial charge in [0, 0.05) is 29.2 Å². The van der Waals surface area contributed by atoms with Crippen LogP contribution in [0.5, 0.6) is 0 Å². The number of carboxylic acid groups (broad SMARTS) is 1. The number of nitrogen functional groups attached to an aromatic ring is 1. The topological polar surface area (TPSA) is 83.2 Å². The predicted octanol–water partition coefficient (Wildman–Crippen LogP) is 1.24. The van der Waals surface area contributed by atoms with Crippen LogP contribution in [0, 0.1) is 12.7 Å². The number of benzene rings is 2. The first-order valence-corrected chi connectivity index (χ1v) is 6.27. The zero-order valence-corrected chi connectivity index (χ0v) is 11.4. The van der Waals surface area contributed by atoms with Crippen LogP contribution in [0.2, 0.25) is 0 Å². The maximum atomic E-state index is 12.9. The van der Waals surface area contributed by atoms with Gasteiger partial charge in [-0.3, -0.25) is 4.79 Å². The molecule has 0 atom stereocenters. The highest BCUT2D eigenvalue weighted by Crippen LogP contribution is 2.23. The molecule has 5 heteroatoms. The molecule has 0 amide bonds. The van der Waals surface area contributed by atoms with Gasteiger partial charge in [0.1, 0.15) is 5.82 Å². The van der Waals surface area contributed by atoms with Crippen molar-refractivity contribution in [1.29, 1.82) is 0 Å². The van der Waals surface area contributed by atoms with Crippen LogP contribution >= 0.6 is 0 Å². The Morgan fingerprint density at radius 1 is 1.19 bits per heavy atom. The number of carbonyl (C=O) groups excluding carboxylic acids is 2. The molecule has 0 aliphatic carbocycles. The van der Waals surface area contributed by atoms with Crippen molar-refractivity contribution < 1.29 is 19.1 Å². The molecular formula is C16H13FNO3-. The molecule has 0 spiro atoms. The monoisotopic (exact) mass is 286 g/mol. The second-order valence-electron chi connectivity index (χ2n) is 4.77. The number of rotatable bonds is 4. The molecule has 0 saturated carbocycles. The molecule has 0 aliphatic rings. The maximum absolute atomic E-state index is 12.9. The van der Waals surface area contributed by atoms with Crippen LogP contribution < -0.4 is 10.8 Å². The first kappa shape index (κ1) is 14.7. The fourth-order valence-electron chi connectivity index (χ4n) is 2.12. The summed E-state index contributed by atoms with van der Waals surface area (Å²) in [6, 6.07) is 8.27. The van der Waals surface area contributed by atoms with Gasteiger partial charge in [0.15, 0.2) is 5.78 Å². The molecule has 2 aromatic rings. The van der Waals surface area contributed by atoms with Crippen LogP contribution in [0.1, 0.15) is 27.0 Å². The fraction of sp³-hybridized carbons (Fsp3) is 0.125. The largest absolute Gasteiger partial charge is 0.550 e. The van der Waals surface area contributed by atoms with Gasteiger partial charge in [0.05, 0.1) is 0 Å². The molecule has 0 aliphatic heterocycles. The number of carbonyl (C=O) groups is 2. The minimum absolute atomic E-state index is 0.110. The summed E-state index contributed by atoms with van der Waals surface area (Å²) in [7, 11) is 0. The van der Waals surface area contributed by atoms with E-state index in [-0.39, 0.29) is 29.0 Å². The molecular weight excluding hydrogens is 273 g/mol. The van der Waals surface area contributed by atoms with Crippen LogP contribution in [-0.4, -0.2) is 11.8 Å². The third-order valence-corrected chi connectivity index (χ3v) is 3.10. The summed E-state index contributed by atoms with van der Waals surface area (Å²) in [5.74, 6) is -2.09. The average molecular weight is 286 g/mol. The molecule has 0 saturated heterocycles. The molecule has 0 unspecified atom stereocenters. The molecule has 108 valence electrons. The van der Waals surface area contributed by atoms with Crippen LogP contribution in [0.15, 0.2) is 36.4 Å². The number of nitrogens with two attached hydrogens (primary N) is 1. The summed E-state index contributed by atoms with van der Waals surface area (Å²) in [5.41, 5.74) is 7.53. The van der Waals surface area contributed by atoms with Crippen molar-refractivity contribution in [1.82, 2.24) is 0 Å². The number of halogens is 1. The van der Waals surface area contributed by atoms with E-state index in [4.69, 9.17) is 5.73 Å². The summed E-state index contributed by atoms with van der Waals surface area (Å²) in [6.07, 6.45) is -0.364. The van der Waals surface area contributed by atoms with Crippen LogP contribution in [0.3, 0.4) is 0 Å². The Hall–Kier alpha value is -2.69. The molecule has 2 N–H and O–H groups in total. The Kier molecular flexibility index (Phi) is 4.03. The lowest BCUT2D eigenvalue weighted by Gasteiger charge is -2.13. The van der Waals surface area contributed by atoms with E-state index in [1.807, 2.05) is 0 Å². The third kappa shape index (κ3) is 3.25. The van der Waals surface area contributed by atoms with Crippen molar-refractivity contribution >= 4 is 17.4 Å². The van der Waals surface area contributed by atoms with E-state index in [0.717, 1.165) is 0 Å². The molecule has 2 rings (SSSR count). The van der Waals surface area contributed by atoms with Crippen LogP contribution in [0.4, 0.5) is 10.1 Å². The van der Waals surface area contributed by atoms with Gasteiger partial charge < -0.3 is 15.6 Å². The van der Waals surface area contributed by atoms with E-state index in [1.165, 1.54) is 24.3 Å². The van der Waals surface area contributed by atoms with Gasteiger partial charge in [-0.05, 0) is 48.4 Å². The quantitative estimate of drug-likeness (QED) is 0.677. The van der Waals surface area contributed by atoms with Crippen molar-refractivity contribution in [3.63, 3.8) is 0 Å². The minimum Gasteiger partial charge on any atom is -0.550 e. The lowest BCUT2D eigenvalue weighted by molar-refractivity contribution is -0.304. The predicted molar refractivity (Wildman–Crippen MR) is 74.1 cm³/mol. The number of anilines is 1. The summed E-state index contributed by atoms with van der Waals surface area (Å²) in [4.78, 5) is 23.1. The molecule has 2 aromatic carbocycles. The van der Waals surface area contributed by atoms with Gasteiger partial charge in [0.2, 0.25) is 0 Å². The molecule has 21 heavy (non-hydrogen) atoms. The summed E-state index contributed by atoms with van der Waals surface area (Å²) in [6.45, 7) is 1.74. The Labute approximate surface area is 121 Å². The summed E-state index contributed by atoms with van der Waals surface area (Å²) in [5, 5.41) is 10.7.